The van der Waals surface area contributed by atoms with E-state index in [9.17, 15) is 9.18 Å². The van der Waals surface area contributed by atoms with Crippen LogP contribution in [0.5, 0.6) is 0 Å². The number of amides is 1. The Hall–Kier alpha value is -1.56. The lowest BCUT2D eigenvalue weighted by atomic mass is 10.0. The highest BCUT2D eigenvalue weighted by atomic mass is 79.9. The molecule has 0 aliphatic heterocycles. The molecular weight excluding hydrogens is 353 g/mol. The summed E-state index contributed by atoms with van der Waals surface area (Å²) in [6.45, 7) is 7.23. The molecule has 0 spiro atoms. The number of fused-ring (bicyclic) bond motifs is 1. The molecule has 22 heavy (non-hydrogen) atoms. The van der Waals surface area contributed by atoms with E-state index in [0.29, 0.717) is 27.6 Å². The van der Waals surface area contributed by atoms with Crippen LogP contribution in [0.25, 0.3) is 11.0 Å². The number of furan rings is 1. The summed E-state index contributed by atoms with van der Waals surface area (Å²) < 4.78 is 25.0. The highest BCUT2D eigenvalue weighted by Gasteiger charge is 2.19. The van der Waals surface area contributed by atoms with Crippen molar-refractivity contribution in [3.8, 4) is 0 Å². The second kappa shape index (κ2) is 6.28. The van der Waals surface area contributed by atoms with Crippen molar-refractivity contribution < 1.29 is 18.3 Å². The molecule has 1 unspecified atom stereocenters. The maximum atomic E-state index is 13.7. The SMILES string of the molecule is CC(Cc1cc(F)cc2cc(Br)oc12)NC(=O)OC(C)(C)C. The molecule has 1 N–H and O–H groups in total. The molecule has 0 aliphatic rings. The van der Waals surface area contributed by atoms with Gasteiger partial charge in [-0.25, -0.2) is 9.18 Å². The molecule has 0 fully saturated rings. The first-order chi connectivity index (χ1) is 10.1. The molecule has 1 heterocycles. The van der Waals surface area contributed by atoms with Crippen molar-refractivity contribution in [2.75, 3.05) is 0 Å². The summed E-state index contributed by atoms with van der Waals surface area (Å²) in [4.78, 5) is 11.8. The first-order valence-electron chi connectivity index (χ1n) is 7.01. The number of benzene rings is 1. The summed E-state index contributed by atoms with van der Waals surface area (Å²) in [7, 11) is 0. The van der Waals surface area contributed by atoms with Crippen molar-refractivity contribution in [2.24, 2.45) is 0 Å². The topological polar surface area (TPSA) is 51.5 Å². The number of nitrogens with one attached hydrogen (secondary N) is 1. The van der Waals surface area contributed by atoms with Gasteiger partial charge in [-0.15, -0.1) is 0 Å². The molecule has 1 atom stereocenters. The lowest BCUT2D eigenvalue weighted by Crippen LogP contribution is -2.38. The van der Waals surface area contributed by atoms with Gasteiger partial charge in [0.2, 0.25) is 0 Å². The quantitative estimate of drug-likeness (QED) is 0.843. The molecule has 2 aromatic rings. The van der Waals surface area contributed by atoms with Crippen LogP contribution in [0, 0.1) is 5.82 Å². The monoisotopic (exact) mass is 371 g/mol. The van der Waals surface area contributed by atoms with Crippen LogP contribution in [0.3, 0.4) is 0 Å². The van der Waals surface area contributed by atoms with Crippen molar-refractivity contribution in [3.63, 3.8) is 0 Å². The molecule has 0 aliphatic carbocycles. The third kappa shape index (κ3) is 4.47. The second-order valence-corrected chi connectivity index (χ2v) is 7.07. The Bertz CT molecular complexity index is 690. The number of halogens is 2. The Morgan fingerprint density at radius 2 is 2.09 bits per heavy atom. The van der Waals surface area contributed by atoms with Crippen molar-refractivity contribution in [3.05, 3.63) is 34.2 Å². The maximum Gasteiger partial charge on any atom is 0.407 e. The summed E-state index contributed by atoms with van der Waals surface area (Å²) in [6.07, 6.45) is -0.0544. The van der Waals surface area contributed by atoms with Crippen LogP contribution in [0.1, 0.15) is 33.3 Å². The zero-order chi connectivity index (χ0) is 16.5. The number of ether oxygens (including phenoxy) is 1. The first kappa shape index (κ1) is 16.8. The average molecular weight is 372 g/mol. The first-order valence-corrected chi connectivity index (χ1v) is 7.80. The van der Waals surface area contributed by atoms with Gasteiger partial charge in [0, 0.05) is 17.0 Å². The largest absolute Gasteiger partial charge is 0.449 e. The molecule has 120 valence electrons. The van der Waals surface area contributed by atoms with Crippen LogP contribution in [0.2, 0.25) is 0 Å². The van der Waals surface area contributed by atoms with Crippen LogP contribution in [0.4, 0.5) is 9.18 Å². The summed E-state index contributed by atoms with van der Waals surface area (Å²) in [5.74, 6) is -0.333. The Morgan fingerprint density at radius 3 is 2.73 bits per heavy atom. The zero-order valence-electron chi connectivity index (χ0n) is 13.0. The molecule has 4 nitrogen and oxygen atoms in total. The molecule has 6 heteroatoms. The van der Waals surface area contributed by atoms with E-state index in [2.05, 4.69) is 21.2 Å². The third-order valence-corrected chi connectivity index (χ3v) is 3.31. The molecule has 0 bridgehead atoms. The van der Waals surface area contributed by atoms with Gasteiger partial charge in [0.05, 0.1) is 0 Å². The van der Waals surface area contributed by atoms with E-state index in [4.69, 9.17) is 9.15 Å². The lowest BCUT2D eigenvalue weighted by Gasteiger charge is -2.22. The average Bonchev–Trinajstić information content (AvgIpc) is 2.66. The Labute approximate surface area is 137 Å². The van der Waals surface area contributed by atoms with Crippen LogP contribution in [0.15, 0.2) is 27.3 Å². The molecule has 0 saturated heterocycles. The van der Waals surface area contributed by atoms with E-state index in [-0.39, 0.29) is 11.9 Å². The van der Waals surface area contributed by atoms with Gasteiger partial charge in [-0.3, -0.25) is 0 Å². The van der Waals surface area contributed by atoms with E-state index in [1.54, 1.807) is 26.8 Å². The normalized spacial score (nSPS) is 13.2. The molecule has 1 amide bonds. The smallest absolute Gasteiger partial charge is 0.407 e. The number of carbonyl (C=O) groups is 1. The van der Waals surface area contributed by atoms with Gasteiger partial charge >= 0.3 is 6.09 Å². The number of carbonyl (C=O) groups excluding carboxylic acids is 1. The Balaban J connectivity index is 2.11. The van der Waals surface area contributed by atoms with Gasteiger partial charge in [-0.1, -0.05) is 0 Å². The third-order valence-electron chi connectivity index (χ3n) is 2.92. The van der Waals surface area contributed by atoms with Crippen LogP contribution >= 0.6 is 15.9 Å². The zero-order valence-corrected chi connectivity index (χ0v) is 14.6. The fourth-order valence-corrected chi connectivity index (χ4v) is 2.60. The highest BCUT2D eigenvalue weighted by molar-refractivity contribution is 9.10. The van der Waals surface area contributed by atoms with E-state index < -0.39 is 11.7 Å². The highest BCUT2D eigenvalue weighted by Crippen LogP contribution is 2.28. The fourth-order valence-electron chi connectivity index (χ4n) is 2.20. The van der Waals surface area contributed by atoms with E-state index in [1.807, 2.05) is 6.92 Å². The summed E-state index contributed by atoms with van der Waals surface area (Å²) in [6, 6.07) is 4.34. The Kier molecular flexibility index (Phi) is 4.80. The number of alkyl carbamates (subject to hydrolysis) is 1. The second-order valence-electron chi connectivity index (χ2n) is 6.29. The Morgan fingerprint density at radius 1 is 1.41 bits per heavy atom. The summed E-state index contributed by atoms with van der Waals surface area (Å²) >= 11 is 3.24. The fraction of sp³-hybridized carbons (Fsp3) is 0.438. The minimum absolute atomic E-state index is 0.219. The van der Waals surface area contributed by atoms with Gasteiger partial charge < -0.3 is 14.5 Å². The molecule has 1 aromatic carbocycles. The van der Waals surface area contributed by atoms with E-state index in [0.717, 1.165) is 0 Å². The minimum atomic E-state index is -0.554. The van der Waals surface area contributed by atoms with Gasteiger partial charge in [0.25, 0.3) is 0 Å². The van der Waals surface area contributed by atoms with Crippen LogP contribution < -0.4 is 5.32 Å². The molecule has 0 radical (unpaired) electrons. The molecule has 2 rings (SSSR count). The van der Waals surface area contributed by atoms with Gasteiger partial charge in [0.1, 0.15) is 17.0 Å². The van der Waals surface area contributed by atoms with Crippen LogP contribution in [-0.4, -0.2) is 17.7 Å². The van der Waals surface area contributed by atoms with Crippen molar-refractivity contribution in [1.29, 1.82) is 0 Å². The standard InChI is InChI=1S/C16H19BrFNO3/c1-9(19-15(20)22-16(2,3)4)5-10-6-12(18)7-11-8-13(17)21-14(10)11/h6-9H,5H2,1-4H3,(H,19,20). The van der Waals surface area contributed by atoms with Gasteiger partial charge in [0.15, 0.2) is 4.67 Å². The van der Waals surface area contributed by atoms with Gasteiger partial charge in [-0.2, -0.15) is 0 Å². The molecule has 1 aromatic heterocycles. The predicted octanol–water partition coefficient (Wildman–Crippen LogP) is 4.79. The van der Waals surface area contributed by atoms with E-state index in [1.165, 1.54) is 12.1 Å². The molecule has 0 saturated carbocycles. The summed E-state index contributed by atoms with van der Waals surface area (Å²) in [5, 5.41) is 3.43. The van der Waals surface area contributed by atoms with Gasteiger partial charge in [-0.05, 0) is 68.2 Å². The number of rotatable bonds is 3. The van der Waals surface area contributed by atoms with Crippen molar-refractivity contribution >= 4 is 33.0 Å². The van der Waals surface area contributed by atoms with Crippen molar-refractivity contribution in [1.82, 2.24) is 5.32 Å². The number of hydrogen-bond donors (Lipinski definition) is 1. The van der Waals surface area contributed by atoms with E-state index >= 15 is 0 Å². The minimum Gasteiger partial charge on any atom is -0.449 e. The number of hydrogen-bond acceptors (Lipinski definition) is 3. The lowest BCUT2D eigenvalue weighted by molar-refractivity contribution is 0.0508. The molecular formula is C16H19BrFNO3. The maximum absolute atomic E-state index is 13.7. The van der Waals surface area contributed by atoms with Crippen molar-refractivity contribution in [2.45, 2.75) is 45.8 Å². The predicted molar refractivity (Wildman–Crippen MR) is 86.4 cm³/mol. The summed E-state index contributed by atoms with van der Waals surface area (Å²) in [5.41, 5.74) is 0.761. The van der Waals surface area contributed by atoms with Crippen LogP contribution in [-0.2, 0) is 11.2 Å².